The molecule has 0 saturated carbocycles. The first kappa shape index (κ1) is 9.65. The summed E-state index contributed by atoms with van der Waals surface area (Å²) in [5.41, 5.74) is 7.42. The second kappa shape index (κ2) is 3.69. The van der Waals surface area contributed by atoms with Gasteiger partial charge in [0, 0.05) is 5.39 Å². The van der Waals surface area contributed by atoms with E-state index in [2.05, 4.69) is 11.1 Å². The van der Waals surface area contributed by atoms with Gasteiger partial charge in [-0.25, -0.2) is 4.98 Å². The fourth-order valence-corrected chi connectivity index (χ4v) is 1.55. The van der Waals surface area contributed by atoms with Crippen LogP contribution >= 0.6 is 0 Å². The van der Waals surface area contributed by atoms with Gasteiger partial charge in [0.25, 0.3) is 5.91 Å². The summed E-state index contributed by atoms with van der Waals surface area (Å²) < 4.78 is 0. The van der Waals surface area contributed by atoms with Gasteiger partial charge in [-0.1, -0.05) is 13.0 Å². The Kier molecular flexibility index (Phi) is 2.37. The zero-order valence-electron chi connectivity index (χ0n) is 8.45. The minimum absolute atomic E-state index is 0.309. The third kappa shape index (κ3) is 1.68. The number of primary amides is 1. The van der Waals surface area contributed by atoms with E-state index >= 15 is 0 Å². The summed E-state index contributed by atoms with van der Waals surface area (Å²) in [7, 11) is 0. The number of carbonyl (C=O) groups is 1. The molecule has 0 fully saturated rings. The van der Waals surface area contributed by atoms with Gasteiger partial charge in [0.15, 0.2) is 0 Å². The Labute approximate surface area is 87.9 Å². The highest BCUT2D eigenvalue weighted by Gasteiger charge is 2.05. The molecule has 0 aliphatic heterocycles. The molecule has 0 aliphatic carbocycles. The number of hydrogen-bond acceptors (Lipinski definition) is 2. The van der Waals surface area contributed by atoms with Gasteiger partial charge in [-0.15, -0.1) is 0 Å². The zero-order chi connectivity index (χ0) is 10.8. The molecule has 1 heterocycles. The van der Waals surface area contributed by atoms with E-state index in [9.17, 15) is 4.79 Å². The summed E-state index contributed by atoms with van der Waals surface area (Å²) >= 11 is 0. The summed E-state index contributed by atoms with van der Waals surface area (Å²) in [5.74, 6) is -0.494. The van der Waals surface area contributed by atoms with Crippen LogP contribution < -0.4 is 5.73 Å². The number of aryl methyl sites for hydroxylation is 1. The van der Waals surface area contributed by atoms with Gasteiger partial charge in [0.1, 0.15) is 5.69 Å². The molecule has 0 atom stereocenters. The number of pyridine rings is 1. The zero-order valence-corrected chi connectivity index (χ0v) is 8.45. The summed E-state index contributed by atoms with van der Waals surface area (Å²) in [6, 6.07) is 10.3. The SMILES string of the molecule is CCc1c[c]cc2ccc(C(N)=O)nc12. The maximum atomic E-state index is 11.0. The fourth-order valence-electron chi connectivity index (χ4n) is 1.55. The molecule has 0 unspecified atom stereocenters. The molecule has 2 N–H and O–H groups in total. The molecule has 1 amide bonds. The van der Waals surface area contributed by atoms with Crippen LogP contribution in [-0.2, 0) is 6.42 Å². The van der Waals surface area contributed by atoms with Gasteiger partial charge in [0.05, 0.1) is 5.52 Å². The second-order valence-corrected chi connectivity index (χ2v) is 3.33. The molecule has 2 aromatic rings. The van der Waals surface area contributed by atoms with E-state index in [-0.39, 0.29) is 0 Å². The smallest absolute Gasteiger partial charge is 0.267 e. The Balaban J connectivity index is 2.72. The topological polar surface area (TPSA) is 56.0 Å². The number of hydrogen-bond donors (Lipinski definition) is 1. The number of nitrogens with zero attached hydrogens (tertiary/aromatic N) is 1. The molecule has 1 aromatic heterocycles. The van der Waals surface area contributed by atoms with Crippen LogP contribution in [0, 0.1) is 6.07 Å². The predicted molar refractivity (Wildman–Crippen MR) is 58.5 cm³/mol. The molecular formula is C12H11N2O. The standard InChI is InChI=1S/C12H11N2O/c1-2-8-4-3-5-9-6-7-10(12(13)15)14-11(8)9/h4-7H,2H2,1H3,(H2,13,15). The molecule has 1 radical (unpaired) electrons. The molecule has 2 rings (SSSR count). The average Bonchev–Trinajstić information content (AvgIpc) is 2.27. The van der Waals surface area contributed by atoms with E-state index < -0.39 is 5.91 Å². The van der Waals surface area contributed by atoms with E-state index in [1.807, 2.05) is 25.1 Å². The first-order valence-electron chi connectivity index (χ1n) is 4.82. The van der Waals surface area contributed by atoms with E-state index in [0.29, 0.717) is 5.69 Å². The summed E-state index contributed by atoms with van der Waals surface area (Å²) in [5, 5.41) is 0.986. The number of carbonyl (C=O) groups excluding carboxylic acids is 1. The lowest BCUT2D eigenvalue weighted by atomic mass is 10.1. The van der Waals surface area contributed by atoms with Crippen molar-refractivity contribution in [1.29, 1.82) is 0 Å². The monoisotopic (exact) mass is 199 g/mol. The Morgan fingerprint density at radius 1 is 1.47 bits per heavy atom. The van der Waals surface area contributed by atoms with Crippen molar-refractivity contribution in [3.05, 3.63) is 41.6 Å². The number of rotatable bonds is 2. The van der Waals surface area contributed by atoms with Crippen molar-refractivity contribution in [3.8, 4) is 0 Å². The van der Waals surface area contributed by atoms with E-state index in [4.69, 9.17) is 5.73 Å². The van der Waals surface area contributed by atoms with Gasteiger partial charge in [-0.05, 0) is 36.2 Å². The number of nitrogens with two attached hydrogens (primary N) is 1. The second-order valence-electron chi connectivity index (χ2n) is 3.33. The Morgan fingerprint density at radius 2 is 2.27 bits per heavy atom. The number of amides is 1. The average molecular weight is 199 g/mol. The first-order chi connectivity index (χ1) is 7.22. The highest BCUT2D eigenvalue weighted by molar-refractivity contribution is 5.94. The van der Waals surface area contributed by atoms with Crippen LogP contribution in [0.1, 0.15) is 23.0 Å². The van der Waals surface area contributed by atoms with Crippen molar-refractivity contribution < 1.29 is 4.79 Å². The van der Waals surface area contributed by atoms with Gasteiger partial charge in [-0.3, -0.25) is 4.79 Å². The molecule has 0 saturated heterocycles. The van der Waals surface area contributed by atoms with Gasteiger partial charge >= 0.3 is 0 Å². The van der Waals surface area contributed by atoms with Crippen LogP contribution in [0.15, 0.2) is 24.3 Å². The first-order valence-corrected chi connectivity index (χ1v) is 4.82. The van der Waals surface area contributed by atoms with Gasteiger partial charge in [-0.2, -0.15) is 0 Å². The lowest BCUT2D eigenvalue weighted by molar-refractivity contribution is 0.0996. The molecule has 3 nitrogen and oxygen atoms in total. The molecule has 3 heteroatoms. The maximum absolute atomic E-state index is 11.0. The molecule has 15 heavy (non-hydrogen) atoms. The normalized spacial score (nSPS) is 10.5. The maximum Gasteiger partial charge on any atom is 0.267 e. The van der Waals surface area contributed by atoms with Crippen LogP contribution in [-0.4, -0.2) is 10.9 Å². The molecule has 75 valence electrons. The molecular weight excluding hydrogens is 188 g/mol. The Morgan fingerprint density at radius 3 is 2.93 bits per heavy atom. The van der Waals surface area contributed by atoms with Crippen LogP contribution in [0.3, 0.4) is 0 Å². The number of benzene rings is 1. The molecule has 0 aliphatic rings. The van der Waals surface area contributed by atoms with Crippen molar-refractivity contribution in [2.24, 2.45) is 5.73 Å². The molecule has 1 aromatic carbocycles. The minimum atomic E-state index is -0.494. The highest BCUT2D eigenvalue weighted by Crippen LogP contribution is 2.17. The van der Waals surface area contributed by atoms with Gasteiger partial charge < -0.3 is 5.73 Å². The minimum Gasteiger partial charge on any atom is -0.364 e. The van der Waals surface area contributed by atoms with E-state index in [0.717, 1.165) is 22.9 Å². The van der Waals surface area contributed by atoms with Crippen molar-refractivity contribution in [2.45, 2.75) is 13.3 Å². The predicted octanol–water partition coefficient (Wildman–Crippen LogP) is 1.70. The van der Waals surface area contributed by atoms with Crippen LogP contribution in [0.2, 0.25) is 0 Å². The van der Waals surface area contributed by atoms with Crippen molar-refractivity contribution in [3.63, 3.8) is 0 Å². The van der Waals surface area contributed by atoms with Crippen molar-refractivity contribution in [2.75, 3.05) is 0 Å². The highest BCUT2D eigenvalue weighted by atomic mass is 16.1. The van der Waals surface area contributed by atoms with Crippen LogP contribution in [0.5, 0.6) is 0 Å². The van der Waals surface area contributed by atoms with Crippen molar-refractivity contribution >= 4 is 16.8 Å². The number of fused-ring (bicyclic) bond motifs is 1. The Hall–Kier alpha value is -1.90. The third-order valence-corrected chi connectivity index (χ3v) is 2.36. The van der Waals surface area contributed by atoms with Crippen LogP contribution in [0.4, 0.5) is 0 Å². The quantitative estimate of drug-likeness (QED) is 0.800. The Bertz CT molecular complexity index is 520. The van der Waals surface area contributed by atoms with Crippen molar-refractivity contribution in [1.82, 2.24) is 4.98 Å². The summed E-state index contributed by atoms with van der Waals surface area (Å²) in [6.45, 7) is 2.04. The van der Waals surface area contributed by atoms with Gasteiger partial charge in [0.2, 0.25) is 0 Å². The lowest BCUT2D eigenvalue weighted by Gasteiger charge is -2.03. The summed E-state index contributed by atoms with van der Waals surface area (Å²) in [6.07, 6.45) is 0.864. The third-order valence-electron chi connectivity index (χ3n) is 2.36. The largest absolute Gasteiger partial charge is 0.364 e. The fraction of sp³-hybridized carbons (Fsp3) is 0.167. The van der Waals surface area contributed by atoms with Crippen LogP contribution in [0.25, 0.3) is 10.9 Å². The van der Waals surface area contributed by atoms with E-state index in [1.165, 1.54) is 0 Å². The summed E-state index contributed by atoms with van der Waals surface area (Å²) in [4.78, 5) is 15.2. The molecule has 0 spiro atoms. The number of aromatic nitrogens is 1. The van der Waals surface area contributed by atoms with E-state index in [1.54, 1.807) is 6.07 Å². The molecule has 0 bridgehead atoms. The lowest BCUT2D eigenvalue weighted by Crippen LogP contribution is -2.13.